The lowest BCUT2D eigenvalue weighted by Gasteiger charge is -2.28. The van der Waals surface area contributed by atoms with Crippen LogP contribution in [0.15, 0.2) is 36.4 Å². The van der Waals surface area contributed by atoms with Crippen LogP contribution in [0.5, 0.6) is 5.75 Å². The van der Waals surface area contributed by atoms with Gasteiger partial charge < -0.3 is 4.74 Å². The lowest BCUT2D eigenvalue weighted by Crippen LogP contribution is -2.17. The van der Waals surface area contributed by atoms with Gasteiger partial charge in [-0.05, 0) is 55.2 Å². The van der Waals surface area contributed by atoms with E-state index in [1.165, 1.54) is 37.8 Å². The summed E-state index contributed by atoms with van der Waals surface area (Å²) in [7, 11) is 0. The van der Waals surface area contributed by atoms with Crippen LogP contribution >= 0.6 is 0 Å². The molecule has 0 N–H and O–H groups in total. The highest BCUT2D eigenvalue weighted by atomic mass is 19.4. The van der Waals surface area contributed by atoms with Crippen molar-refractivity contribution in [2.24, 2.45) is 11.8 Å². The average molecular weight is 351 g/mol. The van der Waals surface area contributed by atoms with Crippen LogP contribution in [-0.4, -0.2) is 6.36 Å². The second kappa shape index (κ2) is 9.50. The molecule has 5 heteroatoms. The van der Waals surface area contributed by atoms with Crippen molar-refractivity contribution in [3.8, 4) is 11.8 Å². The molecule has 0 unspecified atom stereocenters. The number of nitrogens with zero attached hydrogens (tertiary/aromatic N) is 1. The Bertz CT molecular complexity index is 578. The molecule has 1 aromatic carbocycles. The van der Waals surface area contributed by atoms with E-state index in [0.29, 0.717) is 5.92 Å². The largest absolute Gasteiger partial charge is 0.573 e. The van der Waals surface area contributed by atoms with Gasteiger partial charge in [-0.1, -0.05) is 43.9 Å². The third-order valence-electron chi connectivity index (χ3n) is 4.90. The summed E-state index contributed by atoms with van der Waals surface area (Å²) in [6, 6.07) is 8.22. The molecule has 0 aromatic heterocycles. The van der Waals surface area contributed by atoms with Gasteiger partial charge >= 0.3 is 6.36 Å². The molecule has 2 rings (SSSR count). The number of aryl methyl sites for hydroxylation is 1. The van der Waals surface area contributed by atoms with Crippen LogP contribution in [0.2, 0.25) is 0 Å². The Kier molecular flexibility index (Phi) is 7.36. The standard InChI is InChI=1S/C20H24F3NO/c21-20(22,23)25-19-13-11-18(12-14-19)10-9-17-7-5-16(6-8-17)4-2-1-3-15-24/h1,3,11-14,16-17H,2,4-10H2. The van der Waals surface area contributed by atoms with Crippen molar-refractivity contribution in [2.45, 2.75) is 57.7 Å². The molecule has 1 saturated carbocycles. The van der Waals surface area contributed by atoms with E-state index in [1.807, 2.05) is 12.1 Å². The van der Waals surface area contributed by atoms with Gasteiger partial charge in [0, 0.05) is 6.08 Å². The first-order chi connectivity index (χ1) is 12.0. The maximum Gasteiger partial charge on any atom is 0.573 e. The summed E-state index contributed by atoms with van der Waals surface area (Å²) in [5.74, 6) is 1.30. The van der Waals surface area contributed by atoms with Crippen molar-refractivity contribution in [3.05, 3.63) is 42.0 Å². The third kappa shape index (κ3) is 7.64. The van der Waals surface area contributed by atoms with Crippen LogP contribution in [-0.2, 0) is 6.42 Å². The number of rotatable bonds is 7. The Hall–Kier alpha value is -1.96. The van der Waals surface area contributed by atoms with Crippen LogP contribution in [0.1, 0.15) is 50.5 Å². The van der Waals surface area contributed by atoms with Gasteiger partial charge in [0.25, 0.3) is 0 Å². The Balaban J connectivity index is 1.67. The first-order valence-electron chi connectivity index (χ1n) is 8.85. The van der Waals surface area contributed by atoms with E-state index in [4.69, 9.17) is 5.26 Å². The molecule has 0 atom stereocenters. The van der Waals surface area contributed by atoms with Gasteiger partial charge in [0.15, 0.2) is 0 Å². The fraction of sp³-hybridized carbons (Fsp3) is 0.550. The molecule has 1 aliphatic rings. The zero-order valence-electron chi connectivity index (χ0n) is 14.3. The molecule has 0 spiro atoms. The molecular weight excluding hydrogens is 327 g/mol. The van der Waals surface area contributed by atoms with Crippen molar-refractivity contribution < 1.29 is 17.9 Å². The summed E-state index contributed by atoms with van der Waals surface area (Å²) in [5.41, 5.74) is 1.05. The average Bonchev–Trinajstić information content (AvgIpc) is 2.58. The van der Waals surface area contributed by atoms with Gasteiger partial charge in [0.2, 0.25) is 0 Å². The lowest BCUT2D eigenvalue weighted by molar-refractivity contribution is -0.274. The van der Waals surface area contributed by atoms with Gasteiger partial charge in [-0.3, -0.25) is 0 Å². The van der Waals surface area contributed by atoms with Crippen LogP contribution in [0.3, 0.4) is 0 Å². The predicted octanol–water partition coefficient (Wildman–Crippen LogP) is 6.18. The summed E-state index contributed by atoms with van der Waals surface area (Å²) >= 11 is 0. The number of hydrogen-bond acceptors (Lipinski definition) is 2. The quantitative estimate of drug-likeness (QED) is 0.549. The fourth-order valence-corrected chi connectivity index (χ4v) is 3.51. The van der Waals surface area contributed by atoms with E-state index < -0.39 is 6.36 Å². The first-order valence-corrected chi connectivity index (χ1v) is 8.85. The molecule has 0 bridgehead atoms. The zero-order valence-corrected chi connectivity index (χ0v) is 14.3. The molecule has 1 aromatic rings. The molecule has 0 aliphatic heterocycles. The minimum absolute atomic E-state index is 0.165. The minimum Gasteiger partial charge on any atom is -0.406 e. The predicted molar refractivity (Wildman–Crippen MR) is 90.9 cm³/mol. The van der Waals surface area contributed by atoms with Crippen molar-refractivity contribution in [2.75, 3.05) is 0 Å². The molecule has 1 aliphatic carbocycles. The smallest absolute Gasteiger partial charge is 0.406 e. The molecule has 25 heavy (non-hydrogen) atoms. The van der Waals surface area contributed by atoms with E-state index in [9.17, 15) is 13.2 Å². The molecule has 0 saturated heterocycles. The SMILES string of the molecule is N#CC=CCCC1CCC(CCc2ccc(OC(F)(F)F)cc2)CC1. The van der Waals surface area contributed by atoms with Crippen LogP contribution in [0.25, 0.3) is 0 Å². The minimum atomic E-state index is -4.63. The Morgan fingerprint density at radius 2 is 1.64 bits per heavy atom. The van der Waals surface area contributed by atoms with Crippen LogP contribution in [0, 0.1) is 23.2 Å². The fourth-order valence-electron chi connectivity index (χ4n) is 3.51. The van der Waals surface area contributed by atoms with E-state index in [2.05, 4.69) is 4.74 Å². The third-order valence-corrected chi connectivity index (χ3v) is 4.90. The van der Waals surface area contributed by atoms with Gasteiger partial charge in [-0.25, -0.2) is 0 Å². The van der Waals surface area contributed by atoms with Gasteiger partial charge in [0.05, 0.1) is 6.07 Å². The van der Waals surface area contributed by atoms with Gasteiger partial charge in [-0.2, -0.15) is 5.26 Å². The van der Waals surface area contributed by atoms with Gasteiger partial charge in [-0.15, -0.1) is 13.2 Å². The van der Waals surface area contributed by atoms with E-state index >= 15 is 0 Å². The maximum absolute atomic E-state index is 12.1. The van der Waals surface area contributed by atoms with Gasteiger partial charge in [0.1, 0.15) is 5.75 Å². The normalized spacial score (nSPS) is 21.2. The number of nitriles is 1. The number of allylic oxidation sites excluding steroid dienone is 2. The van der Waals surface area contributed by atoms with E-state index in [0.717, 1.165) is 37.2 Å². The molecule has 0 amide bonds. The summed E-state index contributed by atoms with van der Waals surface area (Å²) in [6.07, 6.45) is 7.91. The Labute approximate surface area is 147 Å². The molecule has 1 fully saturated rings. The van der Waals surface area contributed by atoms with Crippen molar-refractivity contribution in [1.29, 1.82) is 5.26 Å². The van der Waals surface area contributed by atoms with Crippen molar-refractivity contribution >= 4 is 0 Å². The lowest BCUT2D eigenvalue weighted by atomic mass is 9.78. The molecular formula is C20H24F3NO. The molecule has 0 radical (unpaired) electrons. The molecule has 136 valence electrons. The second-order valence-corrected chi connectivity index (χ2v) is 6.73. The first kappa shape index (κ1) is 19.4. The van der Waals surface area contributed by atoms with Crippen molar-refractivity contribution in [3.63, 3.8) is 0 Å². The highest BCUT2D eigenvalue weighted by molar-refractivity contribution is 5.27. The highest BCUT2D eigenvalue weighted by Crippen LogP contribution is 2.34. The monoisotopic (exact) mass is 351 g/mol. The number of alkyl halides is 3. The molecule has 2 nitrogen and oxygen atoms in total. The number of ether oxygens (including phenoxy) is 1. The topological polar surface area (TPSA) is 33.0 Å². The summed E-state index contributed by atoms with van der Waals surface area (Å²) in [4.78, 5) is 0. The van der Waals surface area contributed by atoms with Crippen molar-refractivity contribution in [1.82, 2.24) is 0 Å². The van der Waals surface area contributed by atoms with Crippen LogP contribution < -0.4 is 4.74 Å². The second-order valence-electron chi connectivity index (χ2n) is 6.73. The Morgan fingerprint density at radius 3 is 2.20 bits per heavy atom. The van der Waals surface area contributed by atoms with E-state index in [-0.39, 0.29) is 5.75 Å². The zero-order chi connectivity index (χ0) is 18.1. The summed E-state index contributed by atoms with van der Waals surface area (Å²) in [5, 5.41) is 8.46. The summed E-state index contributed by atoms with van der Waals surface area (Å²) < 4.78 is 40.3. The number of hydrogen-bond donors (Lipinski definition) is 0. The van der Waals surface area contributed by atoms with E-state index in [1.54, 1.807) is 18.2 Å². The summed E-state index contributed by atoms with van der Waals surface area (Å²) in [6.45, 7) is 0. The number of benzene rings is 1. The highest BCUT2D eigenvalue weighted by Gasteiger charge is 2.31. The number of halogens is 3. The molecule has 0 heterocycles. The Morgan fingerprint density at radius 1 is 1.04 bits per heavy atom. The van der Waals surface area contributed by atoms with Crippen LogP contribution in [0.4, 0.5) is 13.2 Å². The maximum atomic E-state index is 12.1.